The van der Waals surface area contributed by atoms with Gasteiger partial charge in [0.25, 0.3) is 0 Å². The van der Waals surface area contributed by atoms with Crippen molar-refractivity contribution in [2.24, 2.45) is 0 Å². The molecule has 3 N–H and O–H groups in total. The fraction of sp³-hybridized carbons (Fsp3) is 0.533. The maximum Gasteiger partial charge on any atom is 0.314 e. The van der Waals surface area contributed by atoms with Crippen LogP contribution < -0.4 is 15.4 Å². The Bertz CT molecular complexity index is 408. The Labute approximate surface area is 120 Å². The highest BCUT2D eigenvalue weighted by atomic mass is 16.5. The van der Waals surface area contributed by atoms with Crippen molar-refractivity contribution in [1.82, 2.24) is 10.6 Å². The molecule has 0 fully saturated rings. The highest BCUT2D eigenvalue weighted by Gasteiger charge is 2.04. The molecule has 5 nitrogen and oxygen atoms in total. The molecule has 0 heterocycles. The molecule has 0 aliphatic rings. The number of aliphatic hydroxyl groups is 1. The number of rotatable bonds is 8. The third kappa shape index (κ3) is 6.43. The number of carbonyl (C=O) groups excluding carboxylic acids is 1. The predicted octanol–water partition coefficient (Wildman–Crippen LogP) is 1.70. The average Bonchev–Trinajstić information content (AvgIpc) is 2.40. The number of para-hydroxylation sites is 1. The second-order valence-electron chi connectivity index (χ2n) is 4.61. The first-order chi connectivity index (χ1) is 9.63. The van der Waals surface area contributed by atoms with E-state index in [1.165, 1.54) is 0 Å². The minimum Gasteiger partial charge on any atom is -0.494 e. The first-order valence-corrected chi connectivity index (χ1v) is 7.04. The quantitative estimate of drug-likeness (QED) is 0.679. The Morgan fingerprint density at radius 3 is 2.70 bits per heavy atom. The van der Waals surface area contributed by atoms with Crippen molar-refractivity contribution in [2.75, 3.05) is 19.7 Å². The van der Waals surface area contributed by atoms with Crippen LogP contribution in [0.1, 0.15) is 25.8 Å². The molecular weight excluding hydrogens is 256 g/mol. The summed E-state index contributed by atoms with van der Waals surface area (Å²) in [4.78, 5) is 11.5. The zero-order valence-electron chi connectivity index (χ0n) is 12.2. The van der Waals surface area contributed by atoms with Gasteiger partial charge in [-0.1, -0.05) is 18.2 Å². The summed E-state index contributed by atoms with van der Waals surface area (Å²) in [6, 6.07) is 7.62. The molecular formula is C15H24N2O3. The summed E-state index contributed by atoms with van der Waals surface area (Å²) in [5.74, 6) is 0.867. The fourth-order valence-corrected chi connectivity index (χ4v) is 1.77. The molecule has 20 heavy (non-hydrogen) atoms. The minimum absolute atomic E-state index is 0.209. The number of nitrogens with one attached hydrogen (secondary N) is 2. The molecule has 112 valence electrons. The number of hydrogen-bond donors (Lipinski definition) is 3. The summed E-state index contributed by atoms with van der Waals surface area (Å²) in [6.45, 7) is 5.29. The molecule has 0 aliphatic carbocycles. The maximum atomic E-state index is 11.5. The van der Waals surface area contributed by atoms with E-state index in [9.17, 15) is 4.79 Å². The Hall–Kier alpha value is -1.75. The van der Waals surface area contributed by atoms with E-state index in [2.05, 4.69) is 10.6 Å². The summed E-state index contributed by atoms with van der Waals surface area (Å²) in [5.41, 5.74) is 1.08. The number of hydrogen-bond acceptors (Lipinski definition) is 3. The average molecular weight is 280 g/mol. The van der Waals surface area contributed by atoms with E-state index in [4.69, 9.17) is 9.84 Å². The maximum absolute atomic E-state index is 11.5. The smallest absolute Gasteiger partial charge is 0.314 e. The highest BCUT2D eigenvalue weighted by Crippen LogP contribution is 2.17. The SMILES string of the molecule is CCOc1ccccc1CCNC(=O)NCCC(C)O. The Morgan fingerprint density at radius 1 is 1.30 bits per heavy atom. The van der Waals surface area contributed by atoms with Gasteiger partial charge in [-0.3, -0.25) is 0 Å². The van der Waals surface area contributed by atoms with E-state index in [0.29, 0.717) is 26.1 Å². The van der Waals surface area contributed by atoms with Crippen LogP contribution in [0.25, 0.3) is 0 Å². The van der Waals surface area contributed by atoms with Crippen LogP contribution in [0.4, 0.5) is 4.79 Å². The predicted molar refractivity (Wildman–Crippen MR) is 79.0 cm³/mol. The number of urea groups is 1. The third-order valence-corrected chi connectivity index (χ3v) is 2.80. The standard InChI is InChI=1S/C15H24N2O3/c1-3-20-14-7-5-4-6-13(14)9-11-17-15(19)16-10-8-12(2)18/h4-7,12,18H,3,8-11H2,1-2H3,(H2,16,17,19). The fourth-order valence-electron chi connectivity index (χ4n) is 1.77. The molecule has 1 rings (SSSR count). The second kappa shape index (κ2) is 9.20. The largest absolute Gasteiger partial charge is 0.494 e. The van der Waals surface area contributed by atoms with Crippen molar-refractivity contribution in [2.45, 2.75) is 32.8 Å². The van der Waals surface area contributed by atoms with Crippen molar-refractivity contribution < 1.29 is 14.6 Å². The molecule has 0 bridgehead atoms. The molecule has 1 atom stereocenters. The van der Waals surface area contributed by atoms with Gasteiger partial charge in [0.1, 0.15) is 5.75 Å². The van der Waals surface area contributed by atoms with Crippen LogP contribution in [-0.4, -0.2) is 36.9 Å². The Balaban J connectivity index is 2.28. The van der Waals surface area contributed by atoms with Gasteiger partial charge in [-0.2, -0.15) is 0 Å². The summed E-state index contributed by atoms with van der Waals surface area (Å²) in [6.07, 6.45) is 0.883. The summed E-state index contributed by atoms with van der Waals surface area (Å²) >= 11 is 0. The van der Waals surface area contributed by atoms with Crippen molar-refractivity contribution in [1.29, 1.82) is 0 Å². The van der Waals surface area contributed by atoms with Crippen molar-refractivity contribution in [3.05, 3.63) is 29.8 Å². The topological polar surface area (TPSA) is 70.6 Å². The van der Waals surface area contributed by atoms with Gasteiger partial charge in [-0.15, -0.1) is 0 Å². The monoisotopic (exact) mass is 280 g/mol. The molecule has 0 aromatic heterocycles. The third-order valence-electron chi connectivity index (χ3n) is 2.80. The van der Waals surface area contributed by atoms with E-state index in [1.807, 2.05) is 31.2 Å². The lowest BCUT2D eigenvalue weighted by Gasteiger charge is -2.11. The molecule has 1 aromatic rings. The summed E-state index contributed by atoms with van der Waals surface area (Å²) in [7, 11) is 0. The molecule has 0 saturated heterocycles. The molecule has 5 heteroatoms. The molecule has 0 radical (unpaired) electrons. The van der Waals surface area contributed by atoms with Crippen LogP contribution in [0.3, 0.4) is 0 Å². The molecule has 0 saturated carbocycles. The van der Waals surface area contributed by atoms with Gasteiger partial charge < -0.3 is 20.5 Å². The van der Waals surface area contributed by atoms with Crippen LogP contribution in [0.2, 0.25) is 0 Å². The van der Waals surface area contributed by atoms with Gasteiger partial charge in [0.15, 0.2) is 0 Å². The van der Waals surface area contributed by atoms with E-state index in [0.717, 1.165) is 17.7 Å². The van der Waals surface area contributed by atoms with Crippen LogP contribution >= 0.6 is 0 Å². The number of amides is 2. The minimum atomic E-state index is -0.395. The van der Waals surface area contributed by atoms with Gasteiger partial charge in [-0.05, 0) is 38.3 Å². The lowest BCUT2D eigenvalue weighted by atomic mass is 10.1. The van der Waals surface area contributed by atoms with Crippen LogP contribution in [0, 0.1) is 0 Å². The lowest BCUT2D eigenvalue weighted by molar-refractivity contribution is 0.183. The highest BCUT2D eigenvalue weighted by molar-refractivity contribution is 5.73. The van der Waals surface area contributed by atoms with E-state index < -0.39 is 6.10 Å². The van der Waals surface area contributed by atoms with E-state index in [1.54, 1.807) is 6.92 Å². The second-order valence-corrected chi connectivity index (χ2v) is 4.61. The summed E-state index contributed by atoms with van der Waals surface area (Å²) < 4.78 is 5.53. The Kier molecular flexibility index (Phi) is 7.50. The normalized spacial score (nSPS) is 11.8. The molecule has 1 unspecified atom stereocenters. The van der Waals surface area contributed by atoms with E-state index >= 15 is 0 Å². The zero-order chi connectivity index (χ0) is 14.8. The molecule has 0 spiro atoms. The number of benzene rings is 1. The zero-order valence-corrected chi connectivity index (χ0v) is 12.2. The van der Waals surface area contributed by atoms with Crippen LogP contribution in [0.15, 0.2) is 24.3 Å². The van der Waals surface area contributed by atoms with Crippen molar-refractivity contribution in [3.8, 4) is 5.75 Å². The van der Waals surface area contributed by atoms with Gasteiger partial charge >= 0.3 is 6.03 Å². The van der Waals surface area contributed by atoms with E-state index in [-0.39, 0.29) is 6.03 Å². The van der Waals surface area contributed by atoms with Gasteiger partial charge in [0.2, 0.25) is 0 Å². The molecule has 2 amide bonds. The lowest BCUT2D eigenvalue weighted by Crippen LogP contribution is -2.37. The summed E-state index contributed by atoms with van der Waals surface area (Å²) in [5, 5.41) is 14.6. The van der Waals surface area contributed by atoms with Crippen LogP contribution in [-0.2, 0) is 6.42 Å². The number of ether oxygens (including phenoxy) is 1. The first-order valence-electron chi connectivity index (χ1n) is 7.04. The Morgan fingerprint density at radius 2 is 2.00 bits per heavy atom. The van der Waals surface area contributed by atoms with Gasteiger partial charge in [0, 0.05) is 13.1 Å². The first kappa shape index (κ1) is 16.3. The molecule has 1 aromatic carbocycles. The van der Waals surface area contributed by atoms with Crippen molar-refractivity contribution >= 4 is 6.03 Å². The molecule has 0 aliphatic heterocycles. The van der Waals surface area contributed by atoms with Gasteiger partial charge in [0.05, 0.1) is 12.7 Å². The van der Waals surface area contributed by atoms with Crippen molar-refractivity contribution in [3.63, 3.8) is 0 Å². The number of aliphatic hydroxyl groups excluding tert-OH is 1. The van der Waals surface area contributed by atoms with Crippen LogP contribution in [0.5, 0.6) is 5.75 Å². The number of carbonyl (C=O) groups is 1. The van der Waals surface area contributed by atoms with Gasteiger partial charge in [-0.25, -0.2) is 4.79 Å².